The van der Waals surface area contributed by atoms with E-state index in [1.54, 1.807) is 24.1 Å². The summed E-state index contributed by atoms with van der Waals surface area (Å²) in [7, 11) is 1.56. The topological polar surface area (TPSA) is 120 Å². The molecule has 3 N–H and O–H groups in total. The third-order valence-corrected chi connectivity index (χ3v) is 7.32. The second-order valence-corrected chi connectivity index (χ2v) is 9.66. The summed E-state index contributed by atoms with van der Waals surface area (Å²) in [4.78, 5) is 53.3. The van der Waals surface area contributed by atoms with Crippen LogP contribution in [0.3, 0.4) is 0 Å². The number of urea groups is 1. The van der Waals surface area contributed by atoms with Crippen LogP contribution in [0.1, 0.15) is 30.4 Å². The molecule has 0 atom stereocenters. The third kappa shape index (κ3) is 5.23. The van der Waals surface area contributed by atoms with Gasteiger partial charge in [0.25, 0.3) is 0 Å². The molecule has 10 heteroatoms. The van der Waals surface area contributed by atoms with Crippen molar-refractivity contribution in [3.63, 3.8) is 0 Å². The Hall–Kier alpha value is -4.08. The largest absolute Gasteiger partial charge is 0.495 e. The number of methoxy groups -OCH3 is 1. The van der Waals surface area contributed by atoms with E-state index in [0.29, 0.717) is 56.1 Å². The van der Waals surface area contributed by atoms with Gasteiger partial charge in [-0.3, -0.25) is 14.4 Å². The van der Waals surface area contributed by atoms with Gasteiger partial charge in [-0.1, -0.05) is 12.1 Å². The molecule has 0 saturated carbocycles. The van der Waals surface area contributed by atoms with Gasteiger partial charge in [0.05, 0.1) is 18.5 Å². The maximum absolute atomic E-state index is 12.6. The minimum absolute atomic E-state index is 0.144. The fraction of sp³-hybridized carbons (Fsp3) is 0.407. The van der Waals surface area contributed by atoms with Gasteiger partial charge in [-0.25, -0.2) is 4.79 Å². The molecule has 0 bridgehead atoms. The molecular weight excluding hydrogens is 474 g/mol. The molecule has 3 aliphatic rings. The number of ether oxygens (including phenoxy) is 1. The van der Waals surface area contributed by atoms with Gasteiger partial charge in [-0.05, 0) is 67.0 Å². The highest BCUT2D eigenvalue weighted by Crippen LogP contribution is 2.38. The van der Waals surface area contributed by atoms with Crippen molar-refractivity contribution in [2.45, 2.75) is 32.1 Å². The van der Waals surface area contributed by atoms with E-state index in [1.165, 1.54) is 0 Å². The molecule has 5 rings (SSSR count). The lowest BCUT2D eigenvalue weighted by Gasteiger charge is -2.32. The number of benzene rings is 2. The van der Waals surface area contributed by atoms with Crippen molar-refractivity contribution < 1.29 is 23.9 Å². The van der Waals surface area contributed by atoms with Crippen LogP contribution in [-0.2, 0) is 27.2 Å². The van der Waals surface area contributed by atoms with Crippen molar-refractivity contribution in [2.24, 2.45) is 5.92 Å². The molecule has 3 heterocycles. The molecule has 1 saturated heterocycles. The van der Waals surface area contributed by atoms with Crippen LogP contribution in [0.15, 0.2) is 36.4 Å². The summed E-state index contributed by atoms with van der Waals surface area (Å²) >= 11 is 0. The zero-order chi connectivity index (χ0) is 25.9. The summed E-state index contributed by atoms with van der Waals surface area (Å²) in [6, 6.07) is 10.8. The Morgan fingerprint density at radius 3 is 2.43 bits per heavy atom. The molecule has 1 fully saturated rings. The molecule has 0 aliphatic carbocycles. The minimum atomic E-state index is -0.706. The highest BCUT2D eigenvalue weighted by atomic mass is 16.5. The van der Waals surface area contributed by atoms with Crippen molar-refractivity contribution in [1.82, 2.24) is 10.2 Å². The third-order valence-electron chi connectivity index (χ3n) is 7.32. The van der Waals surface area contributed by atoms with E-state index in [0.717, 1.165) is 36.1 Å². The number of carbonyl (C=O) groups is 4. The van der Waals surface area contributed by atoms with Crippen LogP contribution in [0.5, 0.6) is 5.75 Å². The van der Waals surface area contributed by atoms with Gasteiger partial charge in [0.15, 0.2) is 0 Å². The molecule has 0 unspecified atom stereocenters. The molecule has 37 heavy (non-hydrogen) atoms. The first-order valence-electron chi connectivity index (χ1n) is 12.7. The second-order valence-electron chi connectivity index (χ2n) is 9.66. The summed E-state index contributed by atoms with van der Waals surface area (Å²) in [6.07, 6.45) is 3.31. The Labute approximate surface area is 215 Å². The number of aryl methyl sites for hydroxylation is 1. The number of piperidine rings is 1. The lowest BCUT2D eigenvalue weighted by atomic mass is 9.97. The molecule has 5 amide bonds. The lowest BCUT2D eigenvalue weighted by Crippen LogP contribution is -2.44. The summed E-state index contributed by atoms with van der Waals surface area (Å²) in [5, 5.41) is 8.34. The van der Waals surface area contributed by atoms with E-state index in [9.17, 15) is 19.2 Å². The van der Waals surface area contributed by atoms with Gasteiger partial charge in [-0.2, -0.15) is 0 Å². The standard InChI is InChI=1S/C27H31N5O5/c1-37-22-5-3-2-4-21(22)30-27(36)31-11-8-17(9-12-31)16-28-25(34)26(35)29-20-14-18-6-7-23(33)32-13-10-19(15-20)24(18)32/h2-5,14-15,17H,6-13,16H2,1H3,(H,28,34)(H,29,35)(H,30,36). The van der Waals surface area contributed by atoms with E-state index in [4.69, 9.17) is 4.74 Å². The number of hydrogen-bond donors (Lipinski definition) is 3. The second kappa shape index (κ2) is 10.5. The number of hydrogen-bond acceptors (Lipinski definition) is 5. The Morgan fingerprint density at radius 1 is 0.946 bits per heavy atom. The van der Waals surface area contributed by atoms with Crippen molar-refractivity contribution >= 4 is 40.8 Å². The van der Waals surface area contributed by atoms with Crippen LogP contribution in [-0.4, -0.2) is 61.9 Å². The average molecular weight is 506 g/mol. The number of nitrogens with zero attached hydrogens (tertiary/aromatic N) is 2. The summed E-state index contributed by atoms with van der Waals surface area (Å²) in [6.45, 7) is 2.16. The van der Waals surface area contributed by atoms with Crippen molar-refractivity contribution in [2.75, 3.05) is 48.8 Å². The monoisotopic (exact) mass is 505 g/mol. The zero-order valence-corrected chi connectivity index (χ0v) is 20.8. The molecule has 0 radical (unpaired) electrons. The number of amides is 5. The maximum atomic E-state index is 12.6. The zero-order valence-electron chi connectivity index (χ0n) is 20.8. The minimum Gasteiger partial charge on any atom is -0.495 e. The van der Waals surface area contributed by atoms with Crippen LogP contribution in [0, 0.1) is 5.92 Å². The molecule has 2 aromatic carbocycles. The van der Waals surface area contributed by atoms with Crippen LogP contribution in [0.25, 0.3) is 0 Å². The Bertz CT molecular complexity index is 1240. The number of anilines is 3. The summed E-state index contributed by atoms with van der Waals surface area (Å²) in [5.41, 5.74) is 4.24. The van der Waals surface area contributed by atoms with Gasteiger partial charge >= 0.3 is 17.8 Å². The summed E-state index contributed by atoms with van der Waals surface area (Å²) < 4.78 is 5.28. The number of likely N-dealkylation sites (tertiary alicyclic amines) is 1. The van der Waals surface area contributed by atoms with E-state index < -0.39 is 11.8 Å². The van der Waals surface area contributed by atoms with Crippen LogP contribution < -0.4 is 25.6 Å². The lowest BCUT2D eigenvalue weighted by molar-refractivity contribution is -0.136. The first kappa shape index (κ1) is 24.6. The predicted octanol–water partition coefficient (Wildman–Crippen LogP) is 2.53. The first-order chi connectivity index (χ1) is 17.9. The molecule has 0 aromatic heterocycles. The van der Waals surface area contributed by atoms with Gasteiger partial charge in [0.2, 0.25) is 5.91 Å². The van der Waals surface area contributed by atoms with Crippen LogP contribution >= 0.6 is 0 Å². The van der Waals surface area contributed by atoms with Gasteiger partial charge in [-0.15, -0.1) is 0 Å². The molecule has 3 aliphatic heterocycles. The highest BCUT2D eigenvalue weighted by molar-refractivity contribution is 6.39. The molecule has 2 aromatic rings. The highest BCUT2D eigenvalue weighted by Gasteiger charge is 2.32. The van der Waals surface area contributed by atoms with E-state index >= 15 is 0 Å². The molecule has 10 nitrogen and oxygen atoms in total. The quantitative estimate of drug-likeness (QED) is 0.540. The van der Waals surface area contributed by atoms with Gasteiger partial charge in [0.1, 0.15) is 5.75 Å². The Balaban J connectivity index is 1.08. The number of nitrogens with one attached hydrogen (secondary N) is 3. The van der Waals surface area contributed by atoms with Crippen molar-refractivity contribution in [3.8, 4) is 5.75 Å². The molecule has 0 spiro atoms. The average Bonchev–Trinajstić information content (AvgIpc) is 3.35. The SMILES string of the molecule is COc1ccccc1NC(=O)N1CCC(CNC(=O)C(=O)Nc2cc3c4c(c2)CCN4C(=O)CC3)CC1. The maximum Gasteiger partial charge on any atom is 0.321 e. The normalized spacial score (nSPS) is 16.7. The number of carbonyl (C=O) groups excluding carboxylic acids is 4. The number of rotatable bonds is 5. The van der Waals surface area contributed by atoms with Crippen molar-refractivity contribution in [1.29, 1.82) is 0 Å². The number of para-hydroxylation sites is 2. The van der Waals surface area contributed by atoms with Crippen LogP contribution in [0.4, 0.5) is 21.9 Å². The predicted molar refractivity (Wildman–Crippen MR) is 139 cm³/mol. The smallest absolute Gasteiger partial charge is 0.321 e. The van der Waals surface area contributed by atoms with Crippen molar-refractivity contribution in [3.05, 3.63) is 47.5 Å². The van der Waals surface area contributed by atoms with E-state index in [-0.39, 0.29) is 17.9 Å². The van der Waals surface area contributed by atoms with Gasteiger partial charge in [0, 0.05) is 38.3 Å². The van der Waals surface area contributed by atoms with Crippen LogP contribution in [0.2, 0.25) is 0 Å². The molecule has 194 valence electrons. The van der Waals surface area contributed by atoms with Gasteiger partial charge < -0.3 is 30.5 Å². The fourth-order valence-corrected chi connectivity index (χ4v) is 5.32. The Morgan fingerprint density at radius 2 is 1.68 bits per heavy atom. The van der Waals surface area contributed by atoms with E-state index in [1.807, 2.05) is 29.2 Å². The first-order valence-corrected chi connectivity index (χ1v) is 12.7. The molecular formula is C27H31N5O5. The van der Waals surface area contributed by atoms with E-state index in [2.05, 4.69) is 16.0 Å². The summed E-state index contributed by atoms with van der Waals surface area (Å²) in [5.74, 6) is -0.460. The fourth-order valence-electron chi connectivity index (χ4n) is 5.32. The Kier molecular flexibility index (Phi) is 6.98.